The van der Waals surface area contributed by atoms with E-state index in [9.17, 15) is 9.90 Å². The molecule has 138 valence electrons. The van der Waals surface area contributed by atoms with Gasteiger partial charge in [0.05, 0.1) is 5.60 Å². The van der Waals surface area contributed by atoms with Crippen molar-refractivity contribution in [2.75, 3.05) is 6.61 Å². The minimum atomic E-state index is -0.689. The Morgan fingerprint density at radius 1 is 1.19 bits per heavy atom. The number of amides is 1. The number of rotatable bonds is 1. The van der Waals surface area contributed by atoms with Crippen LogP contribution in [0, 0.1) is 22.7 Å². The van der Waals surface area contributed by atoms with Crippen molar-refractivity contribution in [3.8, 4) is 0 Å². The summed E-state index contributed by atoms with van der Waals surface area (Å²) in [6.45, 7) is 5.16. The van der Waals surface area contributed by atoms with Gasteiger partial charge in [-0.15, -0.1) is 0 Å². The summed E-state index contributed by atoms with van der Waals surface area (Å²) in [4.78, 5) is 16.4. The molecular formula is C22H28NO3+. The lowest BCUT2D eigenvalue weighted by molar-refractivity contribution is -0.429. The predicted molar refractivity (Wildman–Crippen MR) is 100 cm³/mol. The molecule has 0 unspecified atom stereocenters. The number of ketones is 1. The Morgan fingerprint density at radius 2 is 2.04 bits per heavy atom. The fourth-order valence-corrected chi connectivity index (χ4v) is 6.92. The number of hydrogen-bond acceptors (Lipinski definition) is 3. The largest absolute Gasteiger partial charge is 0.408 e. The van der Waals surface area contributed by atoms with Crippen LogP contribution in [0.2, 0.25) is 0 Å². The van der Waals surface area contributed by atoms with E-state index in [1.807, 2.05) is 6.08 Å². The summed E-state index contributed by atoms with van der Waals surface area (Å²) in [7, 11) is 0. The number of carbonyl (C=O) groups excluding carboxylic acids is 2. The van der Waals surface area contributed by atoms with Gasteiger partial charge in [0, 0.05) is 11.8 Å². The average Bonchev–Trinajstić information content (AvgIpc) is 3.24. The van der Waals surface area contributed by atoms with Gasteiger partial charge in [0.1, 0.15) is 5.71 Å². The standard InChI is InChI=1S/C22H28NO3/c1-20-9-10-22(25)17(4-3-14-11-15(24)7-8-21(14,22)2)16(20)5-6-18(20)19-12-26-13-23-19/h6,11,13,16-17,25H,3-5,7-10,12H2,1-2H3/q+1/t16-,17-,20-,21-,22+/m0/s1. The summed E-state index contributed by atoms with van der Waals surface area (Å²) >= 11 is 0. The second-order valence-corrected chi connectivity index (χ2v) is 9.41. The Bertz CT molecular complexity index is 806. The van der Waals surface area contributed by atoms with Crippen molar-refractivity contribution in [3.63, 3.8) is 0 Å². The first kappa shape index (κ1) is 16.6. The number of carbonyl (C=O) groups is 1. The number of hydrogen-bond donors (Lipinski definition) is 1. The first-order valence-electron chi connectivity index (χ1n) is 10.1. The van der Waals surface area contributed by atoms with E-state index in [1.54, 1.807) is 6.41 Å². The fourth-order valence-electron chi connectivity index (χ4n) is 6.92. The summed E-state index contributed by atoms with van der Waals surface area (Å²) in [5, 5.41) is 12.0. The highest BCUT2D eigenvalue weighted by Gasteiger charge is 2.65. The van der Waals surface area contributed by atoms with Crippen molar-refractivity contribution >= 4 is 17.9 Å². The molecule has 0 amide bonds. The molecule has 5 atom stereocenters. The molecule has 4 nitrogen and oxygen atoms in total. The Kier molecular flexibility index (Phi) is 3.35. The van der Waals surface area contributed by atoms with E-state index in [0.29, 0.717) is 18.9 Å². The van der Waals surface area contributed by atoms with Crippen LogP contribution in [0.3, 0.4) is 0 Å². The molecule has 2 saturated carbocycles. The van der Waals surface area contributed by atoms with Crippen LogP contribution < -0.4 is 0 Å². The second kappa shape index (κ2) is 5.25. The molecule has 1 aliphatic heterocycles. The Balaban J connectivity index is 1.51. The van der Waals surface area contributed by atoms with Crippen LogP contribution in [0.1, 0.15) is 58.8 Å². The van der Waals surface area contributed by atoms with E-state index in [2.05, 4.69) is 24.9 Å². The van der Waals surface area contributed by atoms with Crippen molar-refractivity contribution in [3.05, 3.63) is 23.3 Å². The van der Waals surface area contributed by atoms with E-state index in [4.69, 9.17) is 4.42 Å². The molecule has 0 aromatic heterocycles. The van der Waals surface area contributed by atoms with Gasteiger partial charge in [-0.25, -0.2) is 4.42 Å². The Hall–Kier alpha value is -1.55. The molecule has 0 radical (unpaired) electrons. The molecule has 1 heterocycles. The van der Waals surface area contributed by atoms with E-state index >= 15 is 0 Å². The van der Waals surface area contributed by atoms with Crippen LogP contribution >= 0.6 is 0 Å². The van der Waals surface area contributed by atoms with Gasteiger partial charge in [-0.1, -0.05) is 25.5 Å². The average molecular weight is 354 g/mol. The number of fused-ring (bicyclic) bond motifs is 5. The minimum absolute atomic E-state index is 0.0827. The Morgan fingerprint density at radius 3 is 2.81 bits per heavy atom. The van der Waals surface area contributed by atoms with Crippen LogP contribution in [-0.4, -0.2) is 35.2 Å². The monoisotopic (exact) mass is 354 g/mol. The zero-order valence-electron chi connectivity index (χ0n) is 15.8. The van der Waals surface area contributed by atoms with Crippen molar-refractivity contribution in [2.45, 2.75) is 64.4 Å². The van der Waals surface area contributed by atoms with Gasteiger partial charge < -0.3 is 5.11 Å². The molecule has 0 aromatic rings. The third kappa shape index (κ3) is 1.91. The maximum atomic E-state index is 12.0. The summed E-state index contributed by atoms with van der Waals surface area (Å²) in [6.07, 6.45) is 11.9. The van der Waals surface area contributed by atoms with Gasteiger partial charge in [-0.05, 0) is 67.4 Å². The van der Waals surface area contributed by atoms with Gasteiger partial charge in [-0.2, -0.15) is 4.99 Å². The van der Waals surface area contributed by atoms with E-state index < -0.39 is 5.60 Å². The maximum Gasteiger partial charge on any atom is 0.408 e. The van der Waals surface area contributed by atoms with Crippen LogP contribution in [0.15, 0.2) is 28.3 Å². The lowest BCUT2D eigenvalue weighted by Crippen LogP contribution is -2.63. The minimum Gasteiger partial charge on any atom is -0.389 e. The number of aliphatic hydroxyl groups is 1. The topological polar surface area (TPSA) is 61.0 Å². The molecule has 0 spiro atoms. The van der Waals surface area contributed by atoms with Gasteiger partial charge in [-0.3, -0.25) is 4.79 Å². The third-order valence-electron chi connectivity index (χ3n) is 8.54. The van der Waals surface area contributed by atoms with Gasteiger partial charge in [0.25, 0.3) is 0 Å². The molecule has 0 bridgehead atoms. The number of allylic oxidation sites excluding steroid dienone is 2. The molecule has 26 heavy (non-hydrogen) atoms. The highest BCUT2D eigenvalue weighted by molar-refractivity contribution is 6.06. The van der Waals surface area contributed by atoms with Crippen LogP contribution in [-0.2, 0) is 9.22 Å². The third-order valence-corrected chi connectivity index (χ3v) is 8.54. The van der Waals surface area contributed by atoms with E-state index in [1.165, 1.54) is 11.1 Å². The van der Waals surface area contributed by atoms with Gasteiger partial charge in [0.15, 0.2) is 5.78 Å². The van der Waals surface area contributed by atoms with E-state index in [-0.39, 0.29) is 22.5 Å². The van der Waals surface area contributed by atoms with Crippen molar-refractivity contribution in [1.29, 1.82) is 0 Å². The first-order valence-corrected chi connectivity index (χ1v) is 10.1. The number of nitrogens with zero attached hydrogens (tertiary/aromatic N) is 1. The quantitative estimate of drug-likeness (QED) is 0.580. The molecule has 4 aliphatic carbocycles. The fraction of sp³-hybridized carbons (Fsp3) is 0.682. The smallest absolute Gasteiger partial charge is 0.389 e. The van der Waals surface area contributed by atoms with Crippen molar-refractivity contribution in [2.24, 2.45) is 27.7 Å². The van der Waals surface area contributed by atoms with Crippen LogP contribution in [0.25, 0.3) is 0 Å². The normalized spacial score (nSPS) is 46.9. The van der Waals surface area contributed by atoms with Crippen LogP contribution in [0.4, 0.5) is 0 Å². The molecule has 4 heteroatoms. The molecular weight excluding hydrogens is 326 g/mol. The second-order valence-electron chi connectivity index (χ2n) is 9.41. The maximum absolute atomic E-state index is 12.0. The zero-order chi connectivity index (χ0) is 18.2. The summed E-state index contributed by atoms with van der Waals surface area (Å²) < 4.78 is 5.36. The Labute approximate surface area is 154 Å². The van der Waals surface area contributed by atoms with Gasteiger partial charge in [0.2, 0.25) is 0 Å². The molecule has 0 saturated heterocycles. The van der Waals surface area contributed by atoms with Crippen LogP contribution in [0.5, 0.6) is 0 Å². The van der Waals surface area contributed by atoms with Crippen molar-refractivity contribution in [1.82, 2.24) is 0 Å². The molecule has 1 N–H and O–H groups in total. The SMILES string of the molecule is C[C@]12CCC(=O)C=C1CC[C@H]1[C@@H]3CC=C(C4=NC=[O+]C4)[C@@]3(C)CC[C@@]12O. The predicted octanol–water partition coefficient (Wildman–Crippen LogP) is 3.32. The molecule has 0 aromatic carbocycles. The molecule has 2 fully saturated rings. The molecule has 5 aliphatic rings. The summed E-state index contributed by atoms with van der Waals surface area (Å²) in [5.41, 5.74) is 2.78. The van der Waals surface area contributed by atoms with Gasteiger partial charge >= 0.3 is 13.0 Å². The summed E-state index contributed by atoms with van der Waals surface area (Å²) in [6, 6.07) is 0. The lowest BCUT2D eigenvalue weighted by Gasteiger charge is -2.62. The lowest BCUT2D eigenvalue weighted by atomic mass is 9.44. The molecule has 5 rings (SSSR count). The zero-order valence-corrected chi connectivity index (χ0v) is 15.8. The highest BCUT2D eigenvalue weighted by Crippen LogP contribution is 2.67. The van der Waals surface area contributed by atoms with E-state index in [0.717, 1.165) is 44.2 Å². The first-order chi connectivity index (χ1) is 12.4. The number of aliphatic imine (C=N–C) groups is 1. The van der Waals surface area contributed by atoms with Crippen molar-refractivity contribution < 1.29 is 14.3 Å². The highest BCUT2D eigenvalue weighted by atomic mass is 16.4. The summed E-state index contributed by atoms with van der Waals surface area (Å²) in [5.74, 6) is 0.980.